The van der Waals surface area contributed by atoms with E-state index in [-0.39, 0.29) is 5.78 Å². The van der Waals surface area contributed by atoms with E-state index in [1.165, 1.54) is 7.11 Å². The zero-order valence-electron chi connectivity index (χ0n) is 9.89. The summed E-state index contributed by atoms with van der Waals surface area (Å²) < 4.78 is 10.2. The fourth-order valence-corrected chi connectivity index (χ4v) is 1.89. The third kappa shape index (κ3) is 3.23. The van der Waals surface area contributed by atoms with Gasteiger partial charge < -0.3 is 9.47 Å². The third-order valence-corrected chi connectivity index (χ3v) is 2.95. The molecular formula is C12H16N2O3. The maximum Gasteiger partial charge on any atom is 0.233 e. The zero-order valence-corrected chi connectivity index (χ0v) is 9.89. The molecule has 0 aliphatic carbocycles. The van der Waals surface area contributed by atoms with Crippen molar-refractivity contribution in [1.82, 2.24) is 10.2 Å². The molecule has 0 N–H and O–H groups in total. The summed E-state index contributed by atoms with van der Waals surface area (Å²) in [5.74, 6) is 0.889. The average molecular weight is 236 g/mol. The van der Waals surface area contributed by atoms with Gasteiger partial charge in [0.15, 0.2) is 5.78 Å². The molecule has 1 saturated heterocycles. The van der Waals surface area contributed by atoms with E-state index in [4.69, 9.17) is 9.47 Å². The van der Waals surface area contributed by atoms with Crippen LogP contribution in [-0.4, -0.2) is 36.3 Å². The molecule has 17 heavy (non-hydrogen) atoms. The number of hydrogen-bond donors (Lipinski definition) is 0. The van der Waals surface area contributed by atoms with Gasteiger partial charge in [0.2, 0.25) is 5.88 Å². The number of Topliss-reactive ketones (excluding diaryl/α,β-unsaturated/α-hetero) is 1. The van der Waals surface area contributed by atoms with Crippen LogP contribution in [0.5, 0.6) is 5.88 Å². The zero-order chi connectivity index (χ0) is 12.1. The maximum atomic E-state index is 11.9. The number of hydrogen-bond acceptors (Lipinski definition) is 5. The van der Waals surface area contributed by atoms with Crippen molar-refractivity contribution >= 4 is 5.78 Å². The van der Waals surface area contributed by atoms with Crippen molar-refractivity contribution in [2.45, 2.75) is 19.3 Å². The normalized spacial score (nSPS) is 16.8. The second kappa shape index (κ2) is 5.72. The van der Waals surface area contributed by atoms with Crippen LogP contribution in [0.1, 0.15) is 29.8 Å². The molecule has 1 aliphatic rings. The van der Waals surface area contributed by atoms with E-state index in [0.29, 0.717) is 23.9 Å². The van der Waals surface area contributed by atoms with E-state index in [1.54, 1.807) is 12.1 Å². The van der Waals surface area contributed by atoms with Gasteiger partial charge in [-0.25, -0.2) is 0 Å². The molecular weight excluding hydrogens is 220 g/mol. The van der Waals surface area contributed by atoms with Gasteiger partial charge in [-0.1, -0.05) is 0 Å². The average Bonchev–Trinajstić information content (AvgIpc) is 2.40. The van der Waals surface area contributed by atoms with Gasteiger partial charge in [-0.05, 0) is 24.8 Å². The highest BCUT2D eigenvalue weighted by atomic mass is 16.5. The fourth-order valence-electron chi connectivity index (χ4n) is 1.89. The number of rotatable bonds is 4. The van der Waals surface area contributed by atoms with E-state index >= 15 is 0 Å². The Morgan fingerprint density at radius 3 is 2.76 bits per heavy atom. The van der Waals surface area contributed by atoms with Crippen LogP contribution in [0.4, 0.5) is 0 Å². The van der Waals surface area contributed by atoms with Crippen LogP contribution in [0.15, 0.2) is 12.1 Å². The molecule has 5 nitrogen and oxygen atoms in total. The standard InChI is InChI=1S/C12H16N2O3/c1-16-12-3-2-10(13-14-12)11(15)8-9-4-6-17-7-5-9/h2-3,9H,4-8H2,1H3. The lowest BCUT2D eigenvalue weighted by atomic mass is 9.93. The van der Waals surface area contributed by atoms with Crippen LogP contribution in [0, 0.1) is 5.92 Å². The van der Waals surface area contributed by atoms with Crippen LogP contribution in [-0.2, 0) is 4.74 Å². The molecule has 92 valence electrons. The molecule has 0 aromatic carbocycles. The summed E-state index contributed by atoms with van der Waals surface area (Å²) in [4.78, 5) is 11.9. The number of carbonyl (C=O) groups excluding carboxylic acids is 1. The minimum absolute atomic E-state index is 0.0482. The van der Waals surface area contributed by atoms with Gasteiger partial charge >= 0.3 is 0 Å². The van der Waals surface area contributed by atoms with Gasteiger partial charge in [-0.2, -0.15) is 0 Å². The molecule has 0 saturated carbocycles. The van der Waals surface area contributed by atoms with Crippen LogP contribution in [0.2, 0.25) is 0 Å². The SMILES string of the molecule is COc1ccc(C(=O)CC2CCOCC2)nn1. The molecule has 0 spiro atoms. The molecule has 0 radical (unpaired) electrons. The Kier molecular flexibility index (Phi) is 4.03. The van der Waals surface area contributed by atoms with E-state index < -0.39 is 0 Å². The molecule has 1 aliphatic heterocycles. The third-order valence-electron chi connectivity index (χ3n) is 2.95. The maximum absolute atomic E-state index is 11.9. The van der Waals surface area contributed by atoms with Crippen molar-refractivity contribution in [2.24, 2.45) is 5.92 Å². The number of ether oxygens (including phenoxy) is 2. The summed E-state index contributed by atoms with van der Waals surface area (Å²) in [5, 5.41) is 7.65. The van der Waals surface area contributed by atoms with E-state index in [1.807, 2.05) is 0 Å². The number of nitrogens with zero attached hydrogens (tertiary/aromatic N) is 2. The lowest BCUT2D eigenvalue weighted by Gasteiger charge is -2.20. The summed E-state index contributed by atoms with van der Waals surface area (Å²) >= 11 is 0. The number of carbonyl (C=O) groups is 1. The van der Waals surface area contributed by atoms with Gasteiger partial charge in [0.1, 0.15) is 5.69 Å². The van der Waals surface area contributed by atoms with Crippen molar-refractivity contribution in [3.05, 3.63) is 17.8 Å². The van der Waals surface area contributed by atoms with Gasteiger partial charge in [0.05, 0.1) is 7.11 Å². The lowest BCUT2D eigenvalue weighted by molar-refractivity contribution is 0.0599. The first-order chi connectivity index (χ1) is 8.29. The monoisotopic (exact) mass is 236 g/mol. The fraction of sp³-hybridized carbons (Fsp3) is 0.583. The van der Waals surface area contributed by atoms with E-state index in [0.717, 1.165) is 26.1 Å². The van der Waals surface area contributed by atoms with Crippen LogP contribution >= 0.6 is 0 Å². The Morgan fingerprint density at radius 1 is 1.41 bits per heavy atom. The highest BCUT2D eigenvalue weighted by Crippen LogP contribution is 2.20. The smallest absolute Gasteiger partial charge is 0.233 e. The summed E-state index contributed by atoms with van der Waals surface area (Å²) in [7, 11) is 1.52. The number of ketones is 1. The predicted molar refractivity (Wildman–Crippen MR) is 61.1 cm³/mol. The highest BCUT2D eigenvalue weighted by molar-refractivity contribution is 5.94. The quantitative estimate of drug-likeness (QED) is 0.741. The molecule has 2 rings (SSSR count). The van der Waals surface area contributed by atoms with Crippen molar-refractivity contribution in [3.8, 4) is 5.88 Å². The van der Waals surface area contributed by atoms with Crippen molar-refractivity contribution in [1.29, 1.82) is 0 Å². The van der Waals surface area contributed by atoms with Crippen LogP contribution in [0.3, 0.4) is 0 Å². The van der Waals surface area contributed by atoms with Gasteiger partial charge in [-0.15, -0.1) is 10.2 Å². The minimum Gasteiger partial charge on any atom is -0.480 e. The molecule has 1 aromatic rings. The Balaban J connectivity index is 1.93. The van der Waals surface area contributed by atoms with Gasteiger partial charge in [0.25, 0.3) is 0 Å². The Morgan fingerprint density at radius 2 is 2.18 bits per heavy atom. The Labute approximate surface area is 100 Å². The predicted octanol–water partition coefficient (Wildman–Crippen LogP) is 1.48. The summed E-state index contributed by atoms with van der Waals surface area (Å²) in [5.41, 5.74) is 0.414. The molecule has 5 heteroatoms. The Bertz CT molecular complexity index is 372. The van der Waals surface area contributed by atoms with Crippen molar-refractivity contribution < 1.29 is 14.3 Å². The molecule has 0 atom stereocenters. The van der Waals surface area contributed by atoms with E-state index in [2.05, 4.69) is 10.2 Å². The lowest BCUT2D eigenvalue weighted by Crippen LogP contribution is -2.19. The molecule has 0 amide bonds. The summed E-state index contributed by atoms with van der Waals surface area (Å²) in [6.07, 6.45) is 2.44. The Hall–Kier alpha value is -1.49. The first-order valence-corrected chi connectivity index (χ1v) is 5.78. The van der Waals surface area contributed by atoms with Gasteiger partial charge in [-0.3, -0.25) is 4.79 Å². The van der Waals surface area contributed by atoms with E-state index in [9.17, 15) is 4.79 Å². The molecule has 1 aromatic heterocycles. The topological polar surface area (TPSA) is 61.3 Å². The van der Waals surface area contributed by atoms with Gasteiger partial charge in [0, 0.05) is 25.7 Å². The van der Waals surface area contributed by atoms with Crippen molar-refractivity contribution in [3.63, 3.8) is 0 Å². The number of aromatic nitrogens is 2. The number of methoxy groups -OCH3 is 1. The molecule has 2 heterocycles. The molecule has 1 fully saturated rings. The van der Waals surface area contributed by atoms with Crippen LogP contribution < -0.4 is 4.74 Å². The second-order valence-corrected chi connectivity index (χ2v) is 4.14. The molecule has 0 unspecified atom stereocenters. The summed E-state index contributed by atoms with van der Waals surface area (Å²) in [6.45, 7) is 1.51. The highest BCUT2D eigenvalue weighted by Gasteiger charge is 2.19. The molecule has 0 bridgehead atoms. The first-order valence-electron chi connectivity index (χ1n) is 5.78. The minimum atomic E-state index is 0.0482. The first kappa shape index (κ1) is 12.0. The second-order valence-electron chi connectivity index (χ2n) is 4.14. The summed E-state index contributed by atoms with van der Waals surface area (Å²) in [6, 6.07) is 3.32. The van der Waals surface area contributed by atoms with Crippen LogP contribution in [0.25, 0.3) is 0 Å². The van der Waals surface area contributed by atoms with Crippen molar-refractivity contribution in [2.75, 3.05) is 20.3 Å². The largest absolute Gasteiger partial charge is 0.480 e.